The molecule has 1 aliphatic rings. The maximum atomic E-state index is 11.6. The molecule has 1 aliphatic heterocycles. The normalized spacial score (nSPS) is 20.3. The lowest BCUT2D eigenvalue weighted by molar-refractivity contribution is 0.277. The van der Waals surface area contributed by atoms with Gasteiger partial charge in [-0.05, 0) is 30.9 Å². The number of sulfonamides is 1. The van der Waals surface area contributed by atoms with Crippen LogP contribution < -0.4 is 5.32 Å². The molecule has 0 radical (unpaired) electrons. The Bertz CT molecular complexity index is 607. The summed E-state index contributed by atoms with van der Waals surface area (Å²) in [6, 6.07) is 9.50. The Balaban J connectivity index is 1.96. The molecule has 1 heterocycles. The van der Waals surface area contributed by atoms with E-state index in [4.69, 9.17) is 5.26 Å². The van der Waals surface area contributed by atoms with Gasteiger partial charge in [-0.2, -0.15) is 5.26 Å². The zero-order chi connectivity index (χ0) is 14.6. The van der Waals surface area contributed by atoms with Gasteiger partial charge in [0, 0.05) is 19.6 Å². The Morgan fingerprint density at radius 2 is 2.20 bits per heavy atom. The van der Waals surface area contributed by atoms with Gasteiger partial charge in [0.25, 0.3) is 0 Å². The molecule has 20 heavy (non-hydrogen) atoms. The van der Waals surface area contributed by atoms with Crippen LogP contribution in [0.1, 0.15) is 18.4 Å². The van der Waals surface area contributed by atoms with Crippen molar-refractivity contribution in [3.8, 4) is 6.07 Å². The highest BCUT2D eigenvalue weighted by Crippen LogP contribution is 2.20. The van der Waals surface area contributed by atoms with Crippen molar-refractivity contribution >= 4 is 15.7 Å². The van der Waals surface area contributed by atoms with Crippen LogP contribution in [0, 0.1) is 17.2 Å². The summed E-state index contributed by atoms with van der Waals surface area (Å²) >= 11 is 0. The van der Waals surface area contributed by atoms with Gasteiger partial charge in [-0.3, -0.25) is 0 Å². The fraction of sp³-hybridized carbons (Fsp3) is 0.500. The SMILES string of the molecule is CS(=O)(=O)N1CCCC(CNc2ccccc2C#N)C1. The summed E-state index contributed by atoms with van der Waals surface area (Å²) < 4.78 is 24.7. The summed E-state index contributed by atoms with van der Waals surface area (Å²) in [5.41, 5.74) is 1.43. The van der Waals surface area contributed by atoms with Crippen molar-refractivity contribution in [1.82, 2.24) is 4.31 Å². The summed E-state index contributed by atoms with van der Waals surface area (Å²) in [5.74, 6) is 0.283. The quantitative estimate of drug-likeness (QED) is 0.916. The summed E-state index contributed by atoms with van der Waals surface area (Å²) in [6.45, 7) is 1.86. The highest BCUT2D eigenvalue weighted by atomic mass is 32.2. The van der Waals surface area contributed by atoms with Crippen LogP contribution in [0.4, 0.5) is 5.69 Å². The molecule has 0 saturated carbocycles. The summed E-state index contributed by atoms with van der Waals surface area (Å²) in [7, 11) is -3.10. The predicted octanol–water partition coefficient (Wildman–Crippen LogP) is 1.64. The van der Waals surface area contributed by atoms with Crippen LogP contribution in [0.3, 0.4) is 0 Å². The average molecular weight is 293 g/mol. The lowest BCUT2D eigenvalue weighted by Gasteiger charge is -2.31. The Hall–Kier alpha value is -1.58. The molecule has 1 aromatic rings. The standard InChI is InChI=1S/C14H19N3O2S/c1-20(18,19)17-8-4-5-12(11-17)10-16-14-7-3-2-6-13(14)9-15/h2-3,6-7,12,16H,4-5,8,10-11H2,1H3. The lowest BCUT2D eigenvalue weighted by Crippen LogP contribution is -2.41. The van der Waals surface area contributed by atoms with Crippen molar-refractivity contribution in [3.63, 3.8) is 0 Å². The minimum Gasteiger partial charge on any atom is -0.384 e. The molecule has 0 bridgehead atoms. The van der Waals surface area contributed by atoms with Crippen LogP contribution in [-0.4, -0.2) is 38.6 Å². The van der Waals surface area contributed by atoms with E-state index in [0.29, 0.717) is 25.2 Å². The third kappa shape index (κ3) is 3.71. The number of anilines is 1. The van der Waals surface area contributed by atoms with Crippen LogP contribution in [0.5, 0.6) is 0 Å². The highest BCUT2D eigenvalue weighted by Gasteiger charge is 2.25. The van der Waals surface area contributed by atoms with Gasteiger partial charge in [0.15, 0.2) is 0 Å². The van der Waals surface area contributed by atoms with E-state index >= 15 is 0 Å². The van der Waals surface area contributed by atoms with E-state index in [2.05, 4.69) is 11.4 Å². The van der Waals surface area contributed by atoms with Crippen molar-refractivity contribution in [2.75, 3.05) is 31.2 Å². The summed E-state index contributed by atoms with van der Waals surface area (Å²) in [6.07, 6.45) is 3.15. The second kappa shape index (κ2) is 6.25. The van der Waals surface area contributed by atoms with E-state index in [-0.39, 0.29) is 5.92 Å². The highest BCUT2D eigenvalue weighted by molar-refractivity contribution is 7.88. The number of nitriles is 1. The molecule has 0 spiro atoms. The molecule has 0 amide bonds. The number of rotatable bonds is 4. The molecular formula is C14H19N3O2S. The molecule has 1 atom stereocenters. The van der Waals surface area contributed by atoms with E-state index < -0.39 is 10.0 Å². The second-order valence-electron chi connectivity index (χ2n) is 5.17. The third-order valence-corrected chi connectivity index (χ3v) is 4.85. The van der Waals surface area contributed by atoms with Crippen LogP contribution in [0.25, 0.3) is 0 Å². The smallest absolute Gasteiger partial charge is 0.211 e. The number of nitrogens with one attached hydrogen (secondary N) is 1. The molecular weight excluding hydrogens is 274 g/mol. The minimum atomic E-state index is -3.10. The van der Waals surface area contributed by atoms with Gasteiger partial charge >= 0.3 is 0 Å². The zero-order valence-corrected chi connectivity index (χ0v) is 12.4. The first kappa shape index (κ1) is 14.8. The fourth-order valence-corrected chi connectivity index (χ4v) is 3.43. The number of para-hydroxylation sites is 1. The number of piperidine rings is 1. The first-order valence-electron chi connectivity index (χ1n) is 6.69. The fourth-order valence-electron chi connectivity index (χ4n) is 2.48. The first-order chi connectivity index (χ1) is 9.50. The van der Waals surface area contributed by atoms with Gasteiger partial charge in [0.1, 0.15) is 6.07 Å². The number of benzene rings is 1. The van der Waals surface area contributed by atoms with Crippen molar-refractivity contribution in [2.45, 2.75) is 12.8 Å². The van der Waals surface area contributed by atoms with Crippen molar-refractivity contribution in [1.29, 1.82) is 5.26 Å². The van der Waals surface area contributed by atoms with Gasteiger partial charge in [0.2, 0.25) is 10.0 Å². The second-order valence-corrected chi connectivity index (χ2v) is 7.15. The van der Waals surface area contributed by atoms with Gasteiger partial charge in [0.05, 0.1) is 17.5 Å². The predicted molar refractivity (Wildman–Crippen MR) is 78.8 cm³/mol. The molecule has 108 valence electrons. The number of hydrogen-bond donors (Lipinski definition) is 1. The van der Waals surface area contributed by atoms with E-state index in [1.165, 1.54) is 6.26 Å². The number of hydrogen-bond acceptors (Lipinski definition) is 4. The van der Waals surface area contributed by atoms with Gasteiger partial charge < -0.3 is 5.32 Å². The largest absolute Gasteiger partial charge is 0.384 e. The van der Waals surface area contributed by atoms with Crippen LogP contribution >= 0.6 is 0 Å². The Morgan fingerprint density at radius 1 is 1.45 bits per heavy atom. The monoisotopic (exact) mass is 293 g/mol. The lowest BCUT2D eigenvalue weighted by atomic mass is 9.99. The van der Waals surface area contributed by atoms with E-state index in [0.717, 1.165) is 18.5 Å². The first-order valence-corrected chi connectivity index (χ1v) is 8.53. The van der Waals surface area contributed by atoms with Crippen LogP contribution in [0.15, 0.2) is 24.3 Å². The maximum Gasteiger partial charge on any atom is 0.211 e. The maximum absolute atomic E-state index is 11.6. The molecule has 0 aliphatic carbocycles. The molecule has 6 heteroatoms. The average Bonchev–Trinajstić information content (AvgIpc) is 2.45. The zero-order valence-electron chi connectivity index (χ0n) is 11.5. The van der Waals surface area contributed by atoms with E-state index in [1.54, 1.807) is 10.4 Å². The van der Waals surface area contributed by atoms with E-state index in [9.17, 15) is 8.42 Å². The van der Waals surface area contributed by atoms with Crippen molar-refractivity contribution < 1.29 is 8.42 Å². The van der Waals surface area contributed by atoms with Gasteiger partial charge in [-0.1, -0.05) is 12.1 Å². The Morgan fingerprint density at radius 3 is 2.90 bits per heavy atom. The van der Waals surface area contributed by atoms with Crippen molar-refractivity contribution in [3.05, 3.63) is 29.8 Å². The Labute approximate surface area is 120 Å². The van der Waals surface area contributed by atoms with Crippen molar-refractivity contribution in [2.24, 2.45) is 5.92 Å². The molecule has 2 rings (SSSR count). The van der Waals surface area contributed by atoms with Gasteiger partial charge in [-0.15, -0.1) is 0 Å². The van der Waals surface area contributed by atoms with Crippen LogP contribution in [0.2, 0.25) is 0 Å². The minimum absolute atomic E-state index is 0.283. The summed E-state index contributed by atoms with van der Waals surface area (Å²) in [5, 5.41) is 12.3. The third-order valence-electron chi connectivity index (χ3n) is 3.58. The van der Waals surface area contributed by atoms with Crippen LogP contribution in [-0.2, 0) is 10.0 Å². The van der Waals surface area contributed by atoms with E-state index in [1.807, 2.05) is 18.2 Å². The van der Waals surface area contributed by atoms with Gasteiger partial charge in [-0.25, -0.2) is 12.7 Å². The Kier molecular flexibility index (Phi) is 4.63. The molecule has 1 saturated heterocycles. The molecule has 0 aromatic heterocycles. The molecule has 1 aromatic carbocycles. The molecule has 5 nitrogen and oxygen atoms in total. The summed E-state index contributed by atoms with van der Waals surface area (Å²) in [4.78, 5) is 0. The molecule has 1 fully saturated rings. The number of nitrogens with zero attached hydrogens (tertiary/aromatic N) is 2. The topological polar surface area (TPSA) is 73.2 Å². The molecule has 1 unspecified atom stereocenters. The molecule has 1 N–H and O–H groups in total.